The maximum atomic E-state index is 12.4. The summed E-state index contributed by atoms with van der Waals surface area (Å²) in [5, 5.41) is 11.7. The van der Waals surface area contributed by atoms with E-state index in [0.717, 1.165) is 0 Å². The van der Waals surface area contributed by atoms with E-state index in [2.05, 4.69) is 14.8 Å². The fourth-order valence-electron chi connectivity index (χ4n) is 2.32. The Hall–Kier alpha value is -3.57. The van der Waals surface area contributed by atoms with Gasteiger partial charge in [0.25, 0.3) is 5.91 Å². The van der Waals surface area contributed by atoms with Crippen molar-refractivity contribution < 1.29 is 28.6 Å². The first-order chi connectivity index (χ1) is 13.8. The van der Waals surface area contributed by atoms with Gasteiger partial charge in [-0.2, -0.15) is 5.26 Å². The molecule has 0 heterocycles. The molecule has 29 heavy (non-hydrogen) atoms. The van der Waals surface area contributed by atoms with Crippen LogP contribution in [0.4, 0.5) is 5.69 Å². The Bertz CT molecular complexity index is 965. The number of benzene rings is 2. The molecule has 2 rings (SSSR count). The van der Waals surface area contributed by atoms with Gasteiger partial charge in [0.15, 0.2) is 6.10 Å². The molecule has 9 heteroatoms. The van der Waals surface area contributed by atoms with Crippen LogP contribution in [0.5, 0.6) is 5.75 Å². The van der Waals surface area contributed by atoms with Crippen LogP contribution < -0.4 is 10.1 Å². The van der Waals surface area contributed by atoms with E-state index in [1.54, 1.807) is 0 Å². The number of hydrogen-bond donors (Lipinski definition) is 1. The number of amides is 1. The third-order valence-electron chi connectivity index (χ3n) is 3.79. The summed E-state index contributed by atoms with van der Waals surface area (Å²) in [7, 11) is 2.40. The van der Waals surface area contributed by atoms with E-state index in [0.29, 0.717) is 5.69 Å². The highest BCUT2D eigenvalue weighted by Gasteiger charge is 2.19. The maximum absolute atomic E-state index is 12.4. The Kier molecular flexibility index (Phi) is 7.17. The van der Waals surface area contributed by atoms with Crippen LogP contribution >= 0.6 is 11.6 Å². The fourth-order valence-corrected chi connectivity index (χ4v) is 2.55. The molecule has 0 aliphatic carbocycles. The lowest BCUT2D eigenvalue weighted by Gasteiger charge is -2.16. The van der Waals surface area contributed by atoms with Crippen molar-refractivity contribution in [1.82, 2.24) is 0 Å². The van der Waals surface area contributed by atoms with Crippen LogP contribution in [0.3, 0.4) is 0 Å². The molecule has 0 unspecified atom stereocenters. The molecule has 1 atom stereocenters. The minimum atomic E-state index is -0.984. The Morgan fingerprint density at radius 1 is 1.03 bits per heavy atom. The van der Waals surface area contributed by atoms with Crippen molar-refractivity contribution in [1.29, 1.82) is 5.26 Å². The molecule has 0 aromatic heterocycles. The second-order valence-electron chi connectivity index (χ2n) is 5.78. The minimum Gasteiger partial charge on any atom is -0.481 e. The molecule has 0 radical (unpaired) electrons. The highest BCUT2D eigenvalue weighted by molar-refractivity contribution is 6.32. The minimum absolute atomic E-state index is 0.0666. The van der Waals surface area contributed by atoms with Gasteiger partial charge in [0, 0.05) is 5.69 Å². The first-order valence-electron chi connectivity index (χ1n) is 8.28. The van der Waals surface area contributed by atoms with E-state index in [1.807, 2.05) is 6.07 Å². The summed E-state index contributed by atoms with van der Waals surface area (Å²) in [4.78, 5) is 36.1. The van der Waals surface area contributed by atoms with Crippen molar-refractivity contribution >= 4 is 35.1 Å². The van der Waals surface area contributed by atoms with Crippen molar-refractivity contribution in [2.24, 2.45) is 0 Å². The standard InChI is InChI=1S/C20H17ClN2O6/c1-11(18(24)23-15-5-4-12(10-22)17(21)9-15)29-16-7-13(19(25)27-2)6-14(8-16)20(26)28-3/h4-9,11H,1-3H3,(H,23,24)/t11-/m1/s1. The van der Waals surface area contributed by atoms with Crippen molar-refractivity contribution in [3.05, 3.63) is 58.1 Å². The van der Waals surface area contributed by atoms with Gasteiger partial charge in [-0.3, -0.25) is 4.79 Å². The molecule has 0 spiro atoms. The number of anilines is 1. The van der Waals surface area contributed by atoms with Gasteiger partial charge in [0.1, 0.15) is 11.8 Å². The number of nitrogens with one attached hydrogen (secondary N) is 1. The summed E-state index contributed by atoms with van der Waals surface area (Å²) >= 11 is 5.95. The molecule has 0 aliphatic heterocycles. The molecular formula is C20H17ClN2O6. The van der Waals surface area contributed by atoms with E-state index < -0.39 is 23.9 Å². The van der Waals surface area contributed by atoms with Gasteiger partial charge in [0.2, 0.25) is 0 Å². The van der Waals surface area contributed by atoms with Gasteiger partial charge in [-0.15, -0.1) is 0 Å². The third-order valence-corrected chi connectivity index (χ3v) is 4.10. The van der Waals surface area contributed by atoms with Gasteiger partial charge in [0.05, 0.1) is 35.9 Å². The van der Waals surface area contributed by atoms with Crippen molar-refractivity contribution in [3.63, 3.8) is 0 Å². The van der Waals surface area contributed by atoms with Crippen molar-refractivity contribution in [2.45, 2.75) is 13.0 Å². The van der Waals surface area contributed by atoms with Crippen LogP contribution in [0.2, 0.25) is 5.02 Å². The summed E-state index contributed by atoms with van der Waals surface area (Å²) < 4.78 is 14.9. The zero-order chi connectivity index (χ0) is 21.6. The smallest absolute Gasteiger partial charge is 0.338 e. The zero-order valence-corrected chi connectivity index (χ0v) is 16.6. The molecule has 0 aliphatic rings. The van der Waals surface area contributed by atoms with Crippen molar-refractivity contribution in [3.8, 4) is 11.8 Å². The number of carbonyl (C=O) groups excluding carboxylic acids is 3. The molecule has 0 fully saturated rings. The molecule has 1 amide bonds. The molecule has 2 aromatic rings. The van der Waals surface area contributed by atoms with Crippen LogP contribution in [0, 0.1) is 11.3 Å². The summed E-state index contributed by atoms with van der Waals surface area (Å²) in [6.45, 7) is 1.49. The first-order valence-corrected chi connectivity index (χ1v) is 8.65. The average Bonchev–Trinajstić information content (AvgIpc) is 2.72. The van der Waals surface area contributed by atoms with Gasteiger partial charge < -0.3 is 19.5 Å². The predicted octanol–water partition coefficient (Wildman–Crippen LogP) is 3.19. The third kappa shape index (κ3) is 5.46. The molecule has 1 N–H and O–H groups in total. The van der Waals surface area contributed by atoms with Crippen LogP contribution in [-0.4, -0.2) is 38.2 Å². The zero-order valence-electron chi connectivity index (χ0n) is 15.8. The number of methoxy groups -OCH3 is 2. The van der Waals surface area contributed by atoms with Crippen LogP contribution in [0.15, 0.2) is 36.4 Å². The lowest BCUT2D eigenvalue weighted by Crippen LogP contribution is -2.30. The molecule has 0 saturated carbocycles. The largest absolute Gasteiger partial charge is 0.481 e. The Balaban J connectivity index is 2.20. The topological polar surface area (TPSA) is 115 Å². The number of nitriles is 1. The predicted molar refractivity (Wildman–Crippen MR) is 104 cm³/mol. The van der Waals surface area contributed by atoms with Gasteiger partial charge in [-0.05, 0) is 43.3 Å². The van der Waals surface area contributed by atoms with Crippen LogP contribution in [0.25, 0.3) is 0 Å². The summed E-state index contributed by atoms with van der Waals surface area (Å²) in [5.41, 5.74) is 0.797. The van der Waals surface area contributed by atoms with E-state index in [9.17, 15) is 14.4 Å². The highest BCUT2D eigenvalue weighted by Crippen LogP contribution is 2.22. The summed E-state index contributed by atoms with van der Waals surface area (Å²) in [6, 6.07) is 10.4. The van der Waals surface area contributed by atoms with E-state index >= 15 is 0 Å². The number of hydrogen-bond acceptors (Lipinski definition) is 7. The Labute approximate surface area is 171 Å². The second kappa shape index (κ2) is 9.57. The van der Waals surface area contributed by atoms with Crippen LogP contribution in [-0.2, 0) is 14.3 Å². The monoisotopic (exact) mass is 416 g/mol. The maximum Gasteiger partial charge on any atom is 0.338 e. The summed E-state index contributed by atoms with van der Waals surface area (Å²) in [5.74, 6) is -1.75. The van der Waals surface area contributed by atoms with Gasteiger partial charge in [-0.1, -0.05) is 11.6 Å². The van der Waals surface area contributed by atoms with E-state index in [1.165, 1.54) is 57.5 Å². The van der Waals surface area contributed by atoms with Gasteiger partial charge >= 0.3 is 11.9 Å². The molecule has 2 aromatic carbocycles. The second-order valence-corrected chi connectivity index (χ2v) is 6.19. The quantitative estimate of drug-likeness (QED) is 0.719. The van der Waals surface area contributed by atoms with Crippen molar-refractivity contribution in [2.75, 3.05) is 19.5 Å². The van der Waals surface area contributed by atoms with E-state index in [4.69, 9.17) is 21.6 Å². The number of carbonyl (C=O) groups is 3. The SMILES string of the molecule is COC(=O)c1cc(O[C@H](C)C(=O)Nc2ccc(C#N)c(Cl)c2)cc(C(=O)OC)c1. The van der Waals surface area contributed by atoms with Crippen LogP contribution in [0.1, 0.15) is 33.2 Å². The normalized spacial score (nSPS) is 11.0. The number of esters is 2. The van der Waals surface area contributed by atoms with E-state index in [-0.39, 0.29) is 27.5 Å². The average molecular weight is 417 g/mol. The number of rotatable bonds is 6. The van der Waals surface area contributed by atoms with Gasteiger partial charge in [-0.25, -0.2) is 9.59 Å². The Morgan fingerprint density at radius 3 is 2.10 bits per heavy atom. The molecule has 150 valence electrons. The fraction of sp³-hybridized carbons (Fsp3) is 0.200. The lowest BCUT2D eigenvalue weighted by molar-refractivity contribution is -0.122. The highest BCUT2D eigenvalue weighted by atomic mass is 35.5. The lowest BCUT2D eigenvalue weighted by atomic mass is 10.1. The molecule has 8 nitrogen and oxygen atoms in total. The Morgan fingerprint density at radius 2 is 1.62 bits per heavy atom. The molecule has 0 bridgehead atoms. The number of ether oxygens (including phenoxy) is 3. The first kappa shape index (κ1) is 21.7. The summed E-state index contributed by atoms with van der Waals surface area (Å²) in [6.07, 6.45) is -0.984. The number of nitrogens with zero attached hydrogens (tertiary/aromatic N) is 1. The molecular weight excluding hydrogens is 400 g/mol. The molecule has 0 saturated heterocycles. The number of halogens is 1.